The van der Waals surface area contributed by atoms with Crippen LogP contribution < -0.4 is 16.1 Å². The van der Waals surface area contributed by atoms with Gasteiger partial charge < -0.3 is 10.6 Å². The molecule has 7 nitrogen and oxygen atoms in total. The summed E-state index contributed by atoms with van der Waals surface area (Å²) in [7, 11) is 0. The molecule has 37 heavy (non-hydrogen) atoms. The summed E-state index contributed by atoms with van der Waals surface area (Å²) < 4.78 is 65.2. The van der Waals surface area contributed by atoms with Gasteiger partial charge >= 0.3 is 6.18 Å². The molecule has 0 radical (unpaired) electrons. The zero-order valence-corrected chi connectivity index (χ0v) is 19.3. The highest BCUT2D eigenvalue weighted by atomic mass is 19.4. The maximum Gasteiger partial charge on any atom is 0.416 e. The minimum absolute atomic E-state index is 0.0448. The van der Waals surface area contributed by atoms with Crippen molar-refractivity contribution in [2.75, 3.05) is 0 Å². The predicted molar refractivity (Wildman–Crippen MR) is 121 cm³/mol. The minimum atomic E-state index is -4.45. The van der Waals surface area contributed by atoms with E-state index in [-0.39, 0.29) is 5.56 Å². The average Bonchev–Trinajstić information content (AvgIpc) is 2.84. The molecule has 0 aliphatic heterocycles. The number of halogens is 5. The highest BCUT2D eigenvalue weighted by Gasteiger charge is 2.48. The lowest BCUT2D eigenvalue weighted by atomic mass is 9.91. The molecule has 12 heteroatoms. The Morgan fingerprint density at radius 3 is 1.78 bits per heavy atom. The number of nitrogens with one attached hydrogen (secondary N) is 3. The van der Waals surface area contributed by atoms with Gasteiger partial charge in [0.2, 0.25) is 5.91 Å². The minimum Gasteiger partial charge on any atom is -0.343 e. The summed E-state index contributed by atoms with van der Waals surface area (Å²) >= 11 is 0. The number of amides is 3. The van der Waals surface area contributed by atoms with Gasteiger partial charge in [-0.25, -0.2) is 14.3 Å². The normalized spacial score (nSPS) is 13.1. The van der Waals surface area contributed by atoms with Crippen LogP contribution in [-0.2, 0) is 15.8 Å². The number of alkyl halides is 5. The lowest BCUT2D eigenvalue weighted by molar-refractivity contribution is -0.138. The van der Waals surface area contributed by atoms with Crippen molar-refractivity contribution >= 4 is 17.7 Å². The second-order valence-corrected chi connectivity index (χ2v) is 7.80. The molecule has 0 saturated heterocycles. The van der Waals surface area contributed by atoms with Crippen molar-refractivity contribution in [1.29, 1.82) is 0 Å². The zero-order chi connectivity index (χ0) is 27.8. The predicted octanol–water partition coefficient (Wildman–Crippen LogP) is 2.87. The van der Waals surface area contributed by atoms with Gasteiger partial charge in [0.1, 0.15) is 11.6 Å². The van der Waals surface area contributed by atoms with Gasteiger partial charge in [-0.1, -0.05) is 11.8 Å². The van der Waals surface area contributed by atoms with E-state index in [1.54, 1.807) is 0 Å². The SMILES string of the molecule is CC(=O)NC(C)(C(F)F)C(NC(=O)c1ccc(C#CC#Cc2ccc(C(F)(F)F)cc2)cc1)C(=O)NO. The molecule has 0 heterocycles. The standard InChI is InChI=1S/C25H20F5N3O4/c1-15(34)32-24(2,23(26)27)20(22(36)33-37)31-21(35)18-11-7-16(8-12-18)5-3-4-6-17-9-13-19(14-10-17)25(28,29)30/h7-14,20,23,37H,1-2H3,(H,31,35)(H,32,34)(H,33,36). The molecule has 194 valence electrons. The van der Waals surface area contributed by atoms with Crippen molar-refractivity contribution < 1.29 is 41.5 Å². The highest BCUT2D eigenvalue weighted by molar-refractivity contribution is 5.98. The van der Waals surface area contributed by atoms with Crippen molar-refractivity contribution in [2.24, 2.45) is 0 Å². The van der Waals surface area contributed by atoms with E-state index < -0.39 is 47.5 Å². The van der Waals surface area contributed by atoms with Gasteiger partial charge in [-0.2, -0.15) is 13.2 Å². The molecular formula is C25H20F5N3O4. The number of benzene rings is 2. The van der Waals surface area contributed by atoms with Gasteiger partial charge in [-0.05, 0) is 67.3 Å². The van der Waals surface area contributed by atoms with Crippen molar-refractivity contribution in [3.8, 4) is 23.7 Å². The topological polar surface area (TPSA) is 108 Å². The monoisotopic (exact) mass is 521 g/mol. The van der Waals surface area contributed by atoms with E-state index >= 15 is 0 Å². The Kier molecular flexibility index (Phi) is 9.36. The fraction of sp³-hybridized carbons (Fsp3) is 0.240. The maximum absolute atomic E-state index is 13.7. The number of hydrogen-bond acceptors (Lipinski definition) is 4. The van der Waals surface area contributed by atoms with Crippen LogP contribution in [0.5, 0.6) is 0 Å². The van der Waals surface area contributed by atoms with Gasteiger partial charge in [-0.3, -0.25) is 19.6 Å². The Morgan fingerprint density at radius 1 is 0.892 bits per heavy atom. The molecular weight excluding hydrogens is 501 g/mol. The van der Waals surface area contributed by atoms with Crippen LogP contribution in [0.4, 0.5) is 22.0 Å². The number of carbonyl (C=O) groups is 3. The zero-order valence-electron chi connectivity index (χ0n) is 19.3. The Bertz CT molecular complexity index is 1270. The summed E-state index contributed by atoms with van der Waals surface area (Å²) in [6, 6.07) is 7.57. The third-order valence-corrected chi connectivity index (χ3v) is 4.98. The number of rotatable bonds is 6. The Balaban J connectivity index is 2.15. The van der Waals surface area contributed by atoms with Gasteiger partial charge in [0.25, 0.3) is 18.2 Å². The van der Waals surface area contributed by atoms with E-state index in [0.29, 0.717) is 11.1 Å². The van der Waals surface area contributed by atoms with E-state index in [2.05, 4.69) is 29.0 Å². The van der Waals surface area contributed by atoms with Gasteiger partial charge in [-0.15, -0.1) is 0 Å². The second kappa shape index (κ2) is 12.0. The first-order chi connectivity index (χ1) is 17.3. The molecule has 3 amide bonds. The number of hydrogen-bond donors (Lipinski definition) is 4. The summed E-state index contributed by atoms with van der Waals surface area (Å²) in [6.45, 7) is 1.79. The molecule has 0 spiro atoms. The second-order valence-electron chi connectivity index (χ2n) is 7.80. The quantitative estimate of drug-likeness (QED) is 0.203. The van der Waals surface area contributed by atoms with Crippen LogP contribution in [-0.4, -0.2) is 40.9 Å². The molecule has 2 aromatic carbocycles. The first kappa shape index (κ1) is 28.8. The number of carbonyl (C=O) groups excluding carboxylic acids is 3. The summed E-state index contributed by atoms with van der Waals surface area (Å²) in [4.78, 5) is 36.0. The van der Waals surface area contributed by atoms with Crippen LogP contribution in [0.15, 0.2) is 48.5 Å². The van der Waals surface area contributed by atoms with Crippen molar-refractivity contribution in [3.63, 3.8) is 0 Å². The molecule has 2 aromatic rings. The Labute approximate surface area is 208 Å². The van der Waals surface area contributed by atoms with Crippen LogP contribution in [0.2, 0.25) is 0 Å². The van der Waals surface area contributed by atoms with Gasteiger partial charge in [0.15, 0.2) is 0 Å². The fourth-order valence-corrected chi connectivity index (χ4v) is 3.05. The van der Waals surface area contributed by atoms with Crippen molar-refractivity contribution in [1.82, 2.24) is 16.1 Å². The maximum atomic E-state index is 13.7. The molecule has 0 bridgehead atoms. The molecule has 2 atom stereocenters. The van der Waals surface area contributed by atoms with E-state index in [9.17, 15) is 36.3 Å². The van der Waals surface area contributed by atoms with Crippen LogP contribution in [0.1, 0.15) is 40.9 Å². The smallest absolute Gasteiger partial charge is 0.343 e. The highest BCUT2D eigenvalue weighted by Crippen LogP contribution is 2.29. The molecule has 0 aliphatic carbocycles. The molecule has 4 N–H and O–H groups in total. The lowest BCUT2D eigenvalue weighted by Crippen LogP contribution is -2.68. The molecule has 0 aromatic heterocycles. The van der Waals surface area contributed by atoms with Gasteiger partial charge in [0, 0.05) is 23.6 Å². The molecule has 2 unspecified atom stereocenters. The van der Waals surface area contributed by atoms with Crippen LogP contribution in [0.25, 0.3) is 0 Å². The van der Waals surface area contributed by atoms with Gasteiger partial charge in [0.05, 0.1) is 5.56 Å². The van der Waals surface area contributed by atoms with E-state index in [1.165, 1.54) is 41.9 Å². The Hall–Kier alpha value is -4.42. The first-order valence-corrected chi connectivity index (χ1v) is 10.4. The molecule has 0 aliphatic rings. The van der Waals surface area contributed by atoms with E-state index in [1.807, 2.05) is 5.32 Å². The molecule has 0 saturated carbocycles. The van der Waals surface area contributed by atoms with Crippen LogP contribution in [0, 0.1) is 23.7 Å². The lowest BCUT2D eigenvalue weighted by Gasteiger charge is -2.36. The summed E-state index contributed by atoms with van der Waals surface area (Å²) in [5, 5.41) is 13.0. The van der Waals surface area contributed by atoms with Crippen LogP contribution in [0.3, 0.4) is 0 Å². The van der Waals surface area contributed by atoms with Crippen LogP contribution >= 0.6 is 0 Å². The van der Waals surface area contributed by atoms with E-state index in [4.69, 9.17) is 5.21 Å². The average molecular weight is 521 g/mol. The molecule has 2 rings (SSSR count). The van der Waals surface area contributed by atoms with Crippen molar-refractivity contribution in [2.45, 2.75) is 38.0 Å². The fourth-order valence-electron chi connectivity index (χ4n) is 3.05. The third kappa shape index (κ3) is 7.78. The van der Waals surface area contributed by atoms with E-state index in [0.717, 1.165) is 26.0 Å². The van der Waals surface area contributed by atoms with Crippen molar-refractivity contribution in [3.05, 3.63) is 70.8 Å². The summed E-state index contributed by atoms with van der Waals surface area (Å²) in [6.07, 6.45) is -7.74. The molecule has 0 fully saturated rings. The Morgan fingerprint density at radius 2 is 1.38 bits per heavy atom. The summed E-state index contributed by atoms with van der Waals surface area (Å²) in [5.41, 5.74) is -1.46. The summed E-state index contributed by atoms with van der Waals surface area (Å²) in [5.74, 6) is 7.04. The first-order valence-electron chi connectivity index (χ1n) is 10.4. The number of hydroxylamine groups is 1. The largest absolute Gasteiger partial charge is 0.416 e. The third-order valence-electron chi connectivity index (χ3n) is 4.98.